The average Bonchev–Trinajstić information content (AvgIpc) is 2.45. The van der Waals surface area contributed by atoms with Gasteiger partial charge in [-0.25, -0.2) is 0 Å². The van der Waals surface area contributed by atoms with E-state index >= 15 is 0 Å². The molecule has 0 spiro atoms. The van der Waals surface area contributed by atoms with Crippen LogP contribution in [0.4, 0.5) is 0 Å². The van der Waals surface area contributed by atoms with Gasteiger partial charge in [0.1, 0.15) is 5.75 Å². The normalized spacial score (nSPS) is 11.2. The number of methoxy groups -OCH3 is 1. The molecule has 1 aromatic carbocycles. The van der Waals surface area contributed by atoms with Crippen molar-refractivity contribution < 1.29 is 9.53 Å². The van der Waals surface area contributed by atoms with E-state index in [1.54, 1.807) is 7.11 Å². The maximum absolute atomic E-state index is 12.0. The Morgan fingerprint density at radius 2 is 2.05 bits per heavy atom. The van der Waals surface area contributed by atoms with Gasteiger partial charge in [0.15, 0.2) is 0 Å². The van der Waals surface area contributed by atoms with Crippen LogP contribution in [0, 0.1) is 0 Å². The summed E-state index contributed by atoms with van der Waals surface area (Å²) < 4.78 is 6.19. The molecule has 0 heterocycles. The molecule has 1 rings (SSSR count). The van der Waals surface area contributed by atoms with Gasteiger partial charge in [0.25, 0.3) is 0 Å². The fraction of sp³-hybridized carbons (Fsp3) is 0.533. The van der Waals surface area contributed by atoms with E-state index in [-0.39, 0.29) is 17.9 Å². The highest BCUT2D eigenvalue weighted by atomic mass is 79.9. The molecule has 0 bridgehead atoms. The molecular formula is C15H23BrN2O2. The molecule has 1 amide bonds. The van der Waals surface area contributed by atoms with Crippen molar-refractivity contribution in [2.75, 3.05) is 13.7 Å². The third-order valence-electron chi connectivity index (χ3n) is 3.64. The first-order chi connectivity index (χ1) is 9.44. The molecule has 20 heavy (non-hydrogen) atoms. The molecule has 0 aromatic heterocycles. The Bertz CT molecular complexity index is 459. The number of nitrogens with one attached hydrogen (secondary N) is 1. The predicted molar refractivity (Wildman–Crippen MR) is 84.9 cm³/mol. The average molecular weight is 343 g/mol. The predicted octanol–water partition coefficient (Wildman–Crippen LogP) is 2.63. The summed E-state index contributed by atoms with van der Waals surface area (Å²) >= 11 is 3.40. The minimum Gasteiger partial charge on any atom is -0.496 e. The number of ether oxygens (including phenoxy) is 1. The molecule has 5 heteroatoms. The van der Waals surface area contributed by atoms with Gasteiger partial charge >= 0.3 is 0 Å². The molecule has 0 fully saturated rings. The zero-order valence-electron chi connectivity index (χ0n) is 12.3. The van der Waals surface area contributed by atoms with Gasteiger partial charge in [-0.05, 0) is 31.0 Å². The van der Waals surface area contributed by atoms with Gasteiger partial charge in [-0.2, -0.15) is 0 Å². The number of hydrogen-bond donors (Lipinski definition) is 2. The van der Waals surface area contributed by atoms with Crippen LogP contribution in [0.1, 0.15) is 32.3 Å². The van der Waals surface area contributed by atoms with E-state index in [1.807, 2.05) is 32.0 Å². The molecule has 4 nitrogen and oxygen atoms in total. The van der Waals surface area contributed by atoms with E-state index in [9.17, 15) is 4.79 Å². The maximum atomic E-state index is 12.0. The summed E-state index contributed by atoms with van der Waals surface area (Å²) in [5.74, 6) is 0.673. The zero-order valence-corrected chi connectivity index (χ0v) is 13.9. The molecule has 1 aromatic rings. The maximum Gasteiger partial charge on any atom is 0.224 e. The second-order valence-electron chi connectivity index (χ2n) is 4.98. The lowest BCUT2D eigenvalue weighted by Gasteiger charge is -2.26. The van der Waals surface area contributed by atoms with Crippen molar-refractivity contribution in [1.29, 1.82) is 0 Å². The number of amides is 1. The van der Waals surface area contributed by atoms with E-state index in [2.05, 4.69) is 21.2 Å². The topological polar surface area (TPSA) is 64.3 Å². The number of hydrogen-bond acceptors (Lipinski definition) is 3. The van der Waals surface area contributed by atoms with Crippen LogP contribution in [0.25, 0.3) is 0 Å². The third kappa shape index (κ3) is 4.80. The second-order valence-corrected chi connectivity index (χ2v) is 5.89. The van der Waals surface area contributed by atoms with Crippen LogP contribution >= 0.6 is 15.9 Å². The highest BCUT2D eigenvalue weighted by Gasteiger charge is 2.21. The molecule has 0 aliphatic heterocycles. The molecule has 112 valence electrons. The Balaban J connectivity index is 2.65. The first-order valence-electron chi connectivity index (χ1n) is 6.82. The Kier molecular flexibility index (Phi) is 6.49. The largest absolute Gasteiger partial charge is 0.496 e. The lowest BCUT2D eigenvalue weighted by molar-refractivity contribution is -0.120. The fourth-order valence-corrected chi connectivity index (χ4v) is 2.30. The summed E-state index contributed by atoms with van der Waals surface area (Å²) in [6.07, 6.45) is 1.96. The van der Waals surface area contributed by atoms with Crippen molar-refractivity contribution in [2.24, 2.45) is 5.73 Å². The molecule has 0 aliphatic rings. The lowest BCUT2D eigenvalue weighted by Crippen LogP contribution is -2.49. The summed E-state index contributed by atoms with van der Waals surface area (Å²) in [4.78, 5) is 12.0. The van der Waals surface area contributed by atoms with Crippen LogP contribution in [0.2, 0.25) is 0 Å². The number of carbonyl (C=O) groups excluding carboxylic acids is 1. The SMILES string of the molecule is CCC(N)(CC)CNC(=O)Cc1cc(Br)ccc1OC. The summed E-state index contributed by atoms with van der Waals surface area (Å²) in [5.41, 5.74) is 6.71. The number of carbonyl (C=O) groups is 1. The van der Waals surface area contributed by atoms with Gasteiger partial charge in [-0.15, -0.1) is 0 Å². The van der Waals surface area contributed by atoms with Crippen LogP contribution in [0.3, 0.4) is 0 Å². The number of rotatable bonds is 7. The summed E-state index contributed by atoms with van der Waals surface area (Å²) in [6.45, 7) is 4.56. The van der Waals surface area contributed by atoms with E-state index in [1.165, 1.54) is 0 Å². The number of nitrogens with two attached hydrogens (primary N) is 1. The quantitative estimate of drug-likeness (QED) is 0.800. The molecule has 0 unspecified atom stereocenters. The van der Waals surface area contributed by atoms with E-state index < -0.39 is 0 Å². The highest BCUT2D eigenvalue weighted by Crippen LogP contribution is 2.23. The number of halogens is 1. The molecule has 0 atom stereocenters. The monoisotopic (exact) mass is 342 g/mol. The van der Waals surface area contributed by atoms with Crippen LogP contribution in [-0.4, -0.2) is 25.1 Å². The van der Waals surface area contributed by atoms with E-state index in [4.69, 9.17) is 10.5 Å². The van der Waals surface area contributed by atoms with Crippen molar-refractivity contribution in [3.8, 4) is 5.75 Å². The third-order valence-corrected chi connectivity index (χ3v) is 4.13. The first kappa shape index (κ1) is 17.0. The Labute approximate surface area is 129 Å². The van der Waals surface area contributed by atoms with Crippen molar-refractivity contribution in [1.82, 2.24) is 5.32 Å². The van der Waals surface area contributed by atoms with Gasteiger partial charge in [0.2, 0.25) is 5.91 Å². The van der Waals surface area contributed by atoms with Gasteiger partial charge in [0, 0.05) is 22.1 Å². The molecule has 0 saturated heterocycles. The standard InChI is InChI=1S/C15H23BrN2O2/c1-4-15(17,5-2)10-18-14(19)9-11-8-12(16)6-7-13(11)20-3/h6-8H,4-5,9-10,17H2,1-3H3,(H,18,19). The van der Waals surface area contributed by atoms with Gasteiger partial charge < -0.3 is 15.8 Å². The minimum atomic E-state index is -0.322. The Hall–Kier alpha value is -1.07. The van der Waals surface area contributed by atoms with Crippen molar-refractivity contribution in [3.05, 3.63) is 28.2 Å². The van der Waals surface area contributed by atoms with Crippen LogP contribution in [-0.2, 0) is 11.2 Å². The molecular weight excluding hydrogens is 320 g/mol. The lowest BCUT2D eigenvalue weighted by atomic mass is 9.94. The fourth-order valence-electron chi connectivity index (χ4n) is 1.90. The molecule has 0 radical (unpaired) electrons. The smallest absolute Gasteiger partial charge is 0.224 e. The molecule has 0 aliphatic carbocycles. The van der Waals surface area contributed by atoms with Crippen molar-refractivity contribution >= 4 is 21.8 Å². The molecule has 3 N–H and O–H groups in total. The van der Waals surface area contributed by atoms with Gasteiger partial charge in [-0.3, -0.25) is 4.79 Å². The summed E-state index contributed by atoms with van der Waals surface area (Å²) in [5, 5.41) is 2.91. The molecule has 0 saturated carbocycles. The zero-order chi connectivity index (χ0) is 15.2. The van der Waals surface area contributed by atoms with Crippen molar-refractivity contribution in [3.63, 3.8) is 0 Å². The first-order valence-corrected chi connectivity index (χ1v) is 7.61. The summed E-state index contributed by atoms with van der Waals surface area (Å²) in [6, 6.07) is 5.63. The second kappa shape index (κ2) is 7.64. The summed E-state index contributed by atoms with van der Waals surface area (Å²) in [7, 11) is 1.60. The van der Waals surface area contributed by atoms with Crippen LogP contribution in [0.15, 0.2) is 22.7 Å². The number of benzene rings is 1. The van der Waals surface area contributed by atoms with Crippen LogP contribution < -0.4 is 15.8 Å². The van der Waals surface area contributed by atoms with E-state index in [0.717, 1.165) is 22.9 Å². The Morgan fingerprint density at radius 3 is 2.60 bits per heavy atom. The van der Waals surface area contributed by atoms with Crippen LogP contribution in [0.5, 0.6) is 5.75 Å². The van der Waals surface area contributed by atoms with Crippen molar-refractivity contribution in [2.45, 2.75) is 38.6 Å². The van der Waals surface area contributed by atoms with E-state index in [0.29, 0.717) is 12.3 Å². The van der Waals surface area contributed by atoms with Gasteiger partial charge in [0.05, 0.1) is 13.5 Å². The Morgan fingerprint density at radius 1 is 1.40 bits per heavy atom. The van der Waals surface area contributed by atoms with Gasteiger partial charge in [-0.1, -0.05) is 29.8 Å². The minimum absolute atomic E-state index is 0.0434. The highest BCUT2D eigenvalue weighted by molar-refractivity contribution is 9.10.